The second-order valence-electron chi connectivity index (χ2n) is 8.57. The first-order chi connectivity index (χ1) is 15.2. The third-order valence-electron chi connectivity index (χ3n) is 5.18. The van der Waals surface area contributed by atoms with Gasteiger partial charge in [0.15, 0.2) is 0 Å². The molecule has 32 heavy (non-hydrogen) atoms. The zero-order valence-electron chi connectivity index (χ0n) is 19.1. The minimum absolute atomic E-state index is 0.0594. The van der Waals surface area contributed by atoms with Crippen LogP contribution in [0.1, 0.15) is 25.0 Å². The van der Waals surface area contributed by atoms with E-state index in [4.69, 9.17) is 0 Å². The van der Waals surface area contributed by atoms with Crippen molar-refractivity contribution in [2.24, 2.45) is 5.92 Å². The number of carbonyl (C=O) groups excluding carboxylic acids is 1. The molecule has 1 aromatic heterocycles. The topological polar surface area (TPSA) is 83.4 Å². The molecule has 0 fully saturated rings. The molecule has 172 valence electrons. The Bertz CT molecular complexity index is 1170. The molecule has 3 aromatic rings. The van der Waals surface area contributed by atoms with Gasteiger partial charge in [-0.2, -0.15) is 12.7 Å². The number of nitrogens with one attached hydrogen (secondary N) is 2. The van der Waals surface area contributed by atoms with E-state index in [1.807, 2.05) is 48.5 Å². The SMILES string of the molecule is CC(C)Cn1cc(CCNS(=O)(=O)N(C)C)c2ccc(NC(=O)Cc3ccccc3)cc21. The highest BCUT2D eigenvalue weighted by molar-refractivity contribution is 7.87. The zero-order valence-corrected chi connectivity index (χ0v) is 19.9. The van der Waals surface area contributed by atoms with Crippen LogP contribution < -0.4 is 10.0 Å². The minimum atomic E-state index is -3.45. The summed E-state index contributed by atoms with van der Waals surface area (Å²) in [6.45, 7) is 5.46. The van der Waals surface area contributed by atoms with Crippen LogP contribution in [-0.2, 0) is 34.4 Å². The zero-order chi connectivity index (χ0) is 23.3. The lowest BCUT2D eigenvalue weighted by Crippen LogP contribution is -2.36. The molecule has 0 saturated heterocycles. The van der Waals surface area contributed by atoms with Crippen molar-refractivity contribution in [2.45, 2.75) is 33.2 Å². The summed E-state index contributed by atoms with van der Waals surface area (Å²) in [5.74, 6) is 0.387. The normalized spacial score (nSPS) is 12.1. The van der Waals surface area contributed by atoms with E-state index in [1.165, 1.54) is 18.4 Å². The Labute approximate surface area is 190 Å². The van der Waals surface area contributed by atoms with Crippen LogP contribution in [-0.4, -0.2) is 43.8 Å². The van der Waals surface area contributed by atoms with Crippen LogP contribution in [0.4, 0.5) is 5.69 Å². The van der Waals surface area contributed by atoms with E-state index in [9.17, 15) is 13.2 Å². The number of aromatic nitrogens is 1. The molecule has 0 bridgehead atoms. The Morgan fingerprint density at radius 1 is 1.09 bits per heavy atom. The summed E-state index contributed by atoms with van der Waals surface area (Å²) in [6.07, 6.45) is 2.99. The first kappa shape index (κ1) is 24.0. The number of fused-ring (bicyclic) bond motifs is 1. The second-order valence-corrected chi connectivity index (χ2v) is 10.5. The maximum atomic E-state index is 12.5. The maximum Gasteiger partial charge on any atom is 0.278 e. The Morgan fingerprint density at radius 3 is 2.47 bits per heavy atom. The van der Waals surface area contributed by atoms with Gasteiger partial charge in [-0.1, -0.05) is 50.2 Å². The third kappa shape index (κ3) is 6.18. The van der Waals surface area contributed by atoms with Gasteiger partial charge in [-0.15, -0.1) is 0 Å². The van der Waals surface area contributed by atoms with Crippen molar-refractivity contribution in [2.75, 3.05) is 26.0 Å². The molecule has 0 aliphatic heterocycles. The number of hydrogen-bond donors (Lipinski definition) is 2. The number of anilines is 1. The summed E-state index contributed by atoms with van der Waals surface area (Å²) in [6, 6.07) is 15.6. The molecule has 0 saturated carbocycles. The molecule has 0 radical (unpaired) electrons. The summed E-state index contributed by atoms with van der Waals surface area (Å²) in [4.78, 5) is 12.5. The van der Waals surface area contributed by atoms with Gasteiger partial charge in [0, 0.05) is 44.5 Å². The molecule has 0 spiro atoms. The lowest BCUT2D eigenvalue weighted by Gasteiger charge is -2.11. The lowest BCUT2D eigenvalue weighted by atomic mass is 10.1. The molecule has 3 rings (SSSR count). The second kappa shape index (κ2) is 10.3. The van der Waals surface area contributed by atoms with Crippen LogP contribution in [0.15, 0.2) is 54.7 Å². The summed E-state index contributed by atoms with van der Waals surface area (Å²) in [5, 5.41) is 4.06. The predicted octanol–water partition coefficient (Wildman–Crippen LogP) is 3.42. The third-order valence-corrected chi connectivity index (χ3v) is 6.71. The van der Waals surface area contributed by atoms with Gasteiger partial charge in [-0.25, -0.2) is 4.72 Å². The Balaban J connectivity index is 1.79. The molecule has 0 aliphatic rings. The van der Waals surface area contributed by atoms with Crippen molar-refractivity contribution < 1.29 is 13.2 Å². The van der Waals surface area contributed by atoms with Crippen molar-refractivity contribution in [1.82, 2.24) is 13.6 Å². The Hall–Kier alpha value is -2.68. The number of rotatable bonds is 10. The van der Waals surface area contributed by atoms with E-state index >= 15 is 0 Å². The summed E-state index contributed by atoms with van der Waals surface area (Å²) >= 11 is 0. The van der Waals surface area contributed by atoms with Gasteiger partial charge in [0.1, 0.15) is 0 Å². The van der Waals surface area contributed by atoms with E-state index in [0.29, 0.717) is 25.3 Å². The van der Waals surface area contributed by atoms with Crippen LogP contribution in [0.2, 0.25) is 0 Å². The average molecular weight is 457 g/mol. The number of benzene rings is 2. The van der Waals surface area contributed by atoms with Crippen LogP contribution in [0.5, 0.6) is 0 Å². The fourth-order valence-electron chi connectivity index (χ4n) is 3.62. The van der Waals surface area contributed by atoms with E-state index < -0.39 is 10.2 Å². The molecule has 1 heterocycles. The number of nitrogens with zero attached hydrogens (tertiary/aromatic N) is 2. The molecule has 7 nitrogen and oxygen atoms in total. The van der Waals surface area contributed by atoms with Crippen molar-refractivity contribution in [3.05, 3.63) is 65.9 Å². The molecule has 1 amide bonds. The predicted molar refractivity (Wildman–Crippen MR) is 130 cm³/mol. The fourth-order valence-corrected chi connectivity index (χ4v) is 4.24. The standard InChI is InChI=1S/C24H32N4O3S/c1-18(2)16-28-17-20(12-13-25-32(30,31)27(3)4)22-11-10-21(15-23(22)28)26-24(29)14-19-8-6-5-7-9-19/h5-11,15,17-18,25H,12-14,16H2,1-4H3,(H,26,29). The van der Waals surface area contributed by atoms with Crippen molar-refractivity contribution in [3.63, 3.8) is 0 Å². The number of carbonyl (C=O) groups is 1. The summed E-state index contributed by atoms with van der Waals surface area (Å²) in [5.41, 5.74) is 3.82. The largest absolute Gasteiger partial charge is 0.347 e. The highest BCUT2D eigenvalue weighted by Crippen LogP contribution is 2.26. The van der Waals surface area contributed by atoms with Gasteiger partial charge in [0.25, 0.3) is 10.2 Å². The smallest absolute Gasteiger partial charge is 0.278 e. The monoisotopic (exact) mass is 456 g/mol. The number of hydrogen-bond acceptors (Lipinski definition) is 3. The Kier molecular flexibility index (Phi) is 7.71. The number of amides is 1. The van der Waals surface area contributed by atoms with E-state index in [2.05, 4.69) is 34.7 Å². The van der Waals surface area contributed by atoms with E-state index in [1.54, 1.807) is 0 Å². The van der Waals surface area contributed by atoms with Crippen LogP contribution in [0, 0.1) is 5.92 Å². The molecule has 0 atom stereocenters. The molecule has 0 unspecified atom stereocenters. The molecule has 0 aliphatic carbocycles. The van der Waals surface area contributed by atoms with Crippen molar-refractivity contribution >= 4 is 32.7 Å². The first-order valence-electron chi connectivity index (χ1n) is 10.8. The maximum absolute atomic E-state index is 12.5. The van der Waals surface area contributed by atoms with Crippen molar-refractivity contribution in [1.29, 1.82) is 0 Å². The molecular weight excluding hydrogens is 424 g/mol. The average Bonchev–Trinajstić information content (AvgIpc) is 3.04. The molecular formula is C24H32N4O3S. The van der Waals surface area contributed by atoms with Crippen LogP contribution in [0.3, 0.4) is 0 Å². The minimum Gasteiger partial charge on any atom is -0.347 e. The van der Waals surface area contributed by atoms with Gasteiger partial charge < -0.3 is 9.88 Å². The highest BCUT2D eigenvalue weighted by atomic mass is 32.2. The summed E-state index contributed by atoms with van der Waals surface area (Å²) < 4.78 is 29.9. The summed E-state index contributed by atoms with van der Waals surface area (Å²) in [7, 11) is -0.442. The van der Waals surface area contributed by atoms with E-state index in [-0.39, 0.29) is 5.91 Å². The molecule has 2 N–H and O–H groups in total. The fraction of sp³-hybridized carbons (Fsp3) is 0.375. The van der Waals surface area contributed by atoms with Gasteiger partial charge in [0.05, 0.1) is 11.9 Å². The lowest BCUT2D eigenvalue weighted by molar-refractivity contribution is -0.115. The van der Waals surface area contributed by atoms with Gasteiger partial charge >= 0.3 is 0 Å². The quantitative estimate of drug-likeness (QED) is 0.490. The van der Waals surface area contributed by atoms with Gasteiger partial charge in [-0.05, 0) is 35.6 Å². The van der Waals surface area contributed by atoms with E-state index in [0.717, 1.165) is 34.3 Å². The highest BCUT2D eigenvalue weighted by Gasteiger charge is 2.15. The van der Waals surface area contributed by atoms with Crippen LogP contribution in [0.25, 0.3) is 10.9 Å². The Morgan fingerprint density at radius 2 is 1.81 bits per heavy atom. The van der Waals surface area contributed by atoms with Gasteiger partial charge in [-0.3, -0.25) is 4.79 Å². The first-order valence-corrected chi connectivity index (χ1v) is 12.2. The van der Waals surface area contributed by atoms with Gasteiger partial charge in [0.2, 0.25) is 5.91 Å². The van der Waals surface area contributed by atoms with Crippen molar-refractivity contribution in [3.8, 4) is 0 Å². The molecule has 8 heteroatoms. The molecule has 2 aromatic carbocycles. The van der Waals surface area contributed by atoms with Crippen LogP contribution >= 0.6 is 0 Å².